The number of benzene rings is 2. The quantitative estimate of drug-likeness (QED) is 0.943. The number of rotatable bonds is 3. The Morgan fingerprint density at radius 1 is 1.17 bits per heavy atom. The standard InChI is InChI=1S/C19H21NO3/c1-12-4-5-16(8-13(12)2)20-19(21)15-9-14-10-17(22-3)6-7-18(14)23-11-15/h4-8,10,15H,9,11H2,1-3H3,(H,20,21). The van der Waals surface area contributed by atoms with Crippen LogP contribution >= 0.6 is 0 Å². The first-order chi connectivity index (χ1) is 11.1. The van der Waals surface area contributed by atoms with Crippen LogP contribution in [0.4, 0.5) is 5.69 Å². The van der Waals surface area contributed by atoms with Gasteiger partial charge in [0, 0.05) is 5.69 Å². The van der Waals surface area contributed by atoms with Crippen LogP contribution in [0.5, 0.6) is 11.5 Å². The van der Waals surface area contributed by atoms with Crippen molar-refractivity contribution in [2.24, 2.45) is 5.92 Å². The summed E-state index contributed by atoms with van der Waals surface area (Å²) >= 11 is 0. The first kappa shape index (κ1) is 15.4. The summed E-state index contributed by atoms with van der Waals surface area (Å²) in [7, 11) is 1.63. The highest BCUT2D eigenvalue weighted by molar-refractivity contribution is 5.93. The summed E-state index contributed by atoms with van der Waals surface area (Å²) in [6.07, 6.45) is 0.656. The molecule has 0 aliphatic carbocycles. The molecule has 1 heterocycles. The largest absolute Gasteiger partial charge is 0.497 e. The van der Waals surface area contributed by atoms with E-state index in [0.717, 1.165) is 28.3 Å². The van der Waals surface area contributed by atoms with E-state index in [0.29, 0.717) is 13.0 Å². The van der Waals surface area contributed by atoms with Gasteiger partial charge in [-0.05, 0) is 67.3 Å². The molecular formula is C19H21NO3. The first-order valence-corrected chi connectivity index (χ1v) is 7.74. The fraction of sp³-hybridized carbons (Fsp3) is 0.316. The van der Waals surface area contributed by atoms with E-state index in [-0.39, 0.29) is 11.8 Å². The number of hydrogen-bond donors (Lipinski definition) is 1. The van der Waals surface area contributed by atoms with Gasteiger partial charge in [-0.25, -0.2) is 0 Å². The molecular weight excluding hydrogens is 290 g/mol. The fourth-order valence-electron chi connectivity index (χ4n) is 2.73. The molecule has 1 amide bonds. The Bertz CT molecular complexity index is 739. The molecule has 0 aromatic heterocycles. The van der Waals surface area contributed by atoms with Crippen LogP contribution in [0.3, 0.4) is 0 Å². The third kappa shape index (κ3) is 3.31. The molecule has 2 aromatic rings. The summed E-state index contributed by atoms with van der Waals surface area (Å²) in [6, 6.07) is 11.6. The van der Waals surface area contributed by atoms with Crippen molar-refractivity contribution < 1.29 is 14.3 Å². The van der Waals surface area contributed by atoms with Crippen LogP contribution in [0.25, 0.3) is 0 Å². The highest BCUT2D eigenvalue weighted by Crippen LogP contribution is 2.31. The van der Waals surface area contributed by atoms with E-state index in [9.17, 15) is 4.79 Å². The molecule has 0 saturated carbocycles. The molecule has 120 valence electrons. The van der Waals surface area contributed by atoms with Gasteiger partial charge in [-0.3, -0.25) is 4.79 Å². The van der Waals surface area contributed by atoms with E-state index in [1.54, 1.807) is 7.11 Å². The molecule has 0 radical (unpaired) electrons. The van der Waals surface area contributed by atoms with Gasteiger partial charge in [0.15, 0.2) is 0 Å². The van der Waals surface area contributed by atoms with Gasteiger partial charge in [0.25, 0.3) is 0 Å². The Kier molecular flexibility index (Phi) is 4.24. The number of anilines is 1. The highest BCUT2D eigenvalue weighted by atomic mass is 16.5. The van der Waals surface area contributed by atoms with Gasteiger partial charge in [0.2, 0.25) is 5.91 Å². The number of carbonyl (C=O) groups is 1. The molecule has 0 fully saturated rings. The molecule has 2 aromatic carbocycles. The topological polar surface area (TPSA) is 47.6 Å². The van der Waals surface area contributed by atoms with E-state index in [2.05, 4.69) is 12.2 Å². The second-order valence-corrected chi connectivity index (χ2v) is 5.97. The lowest BCUT2D eigenvalue weighted by atomic mass is 9.95. The van der Waals surface area contributed by atoms with Crippen molar-refractivity contribution in [3.05, 3.63) is 53.1 Å². The molecule has 1 aliphatic rings. The van der Waals surface area contributed by atoms with Crippen molar-refractivity contribution in [2.45, 2.75) is 20.3 Å². The molecule has 1 unspecified atom stereocenters. The molecule has 4 nitrogen and oxygen atoms in total. The lowest BCUT2D eigenvalue weighted by Crippen LogP contribution is -2.32. The van der Waals surface area contributed by atoms with E-state index in [1.165, 1.54) is 5.56 Å². The van der Waals surface area contributed by atoms with Gasteiger partial charge in [0.05, 0.1) is 13.0 Å². The normalized spacial score (nSPS) is 16.2. The van der Waals surface area contributed by atoms with Gasteiger partial charge >= 0.3 is 0 Å². The second-order valence-electron chi connectivity index (χ2n) is 5.97. The van der Waals surface area contributed by atoms with Crippen LogP contribution in [0.2, 0.25) is 0 Å². The predicted molar refractivity (Wildman–Crippen MR) is 90.2 cm³/mol. The Morgan fingerprint density at radius 2 is 2.00 bits per heavy atom. The smallest absolute Gasteiger partial charge is 0.231 e. The molecule has 1 N–H and O–H groups in total. The zero-order valence-corrected chi connectivity index (χ0v) is 13.7. The molecule has 4 heteroatoms. The van der Waals surface area contributed by atoms with Gasteiger partial charge in [-0.1, -0.05) is 6.07 Å². The Balaban J connectivity index is 1.72. The second kappa shape index (κ2) is 6.32. The maximum atomic E-state index is 12.5. The summed E-state index contributed by atoms with van der Waals surface area (Å²) in [6.45, 7) is 4.49. The Labute approximate surface area is 136 Å². The van der Waals surface area contributed by atoms with Gasteiger partial charge in [-0.2, -0.15) is 0 Å². The molecule has 1 atom stereocenters. The molecule has 1 aliphatic heterocycles. The summed E-state index contributed by atoms with van der Waals surface area (Å²) in [5.74, 6) is 1.40. The maximum Gasteiger partial charge on any atom is 0.231 e. The van der Waals surface area contributed by atoms with E-state index in [4.69, 9.17) is 9.47 Å². The van der Waals surface area contributed by atoms with Crippen molar-refractivity contribution in [3.8, 4) is 11.5 Å². The number of ether oxygens (including phenoxy) is 2. The number of nitrogens with one attached hydrogen (secondary N) is 1. The van der Waals surface area contributed by atoms with Crippen molar-refractivity contribution in [1.29, 1.82) is 0 Å². The number of fused-ring (bicyclic) bond motifs is 1. The molecule has 23 heavy (non-hydrogen) atoms. The summed E-state index contributed by atoms with van der Waals surface area (Å²) in [4.78, 5) is 12.5. The lowest BCUT2D eigenvalue weighted by molar-refractivity contribution is -0.121. The monoisotopic (exact) mass is 311 g/mol. The molecule has 0 spiro atoms. The van der Waals surface area contributed by atoms with Crippen molar-refractivity contribution >= 4 is 11.6 Å². The van der Waals surface area contributed by atoms with Gasteiger partial charge in [0.1, 0.15) is 18.1 Å². The average Bonchev–Trinajstić information content (AvgIpc) is 2.57. The number of amides is 1. The van der Waals surface area contributed by atoms with Crippen molar-refractivity contribution in [3.63, 3.8) is 0 Å². The number of carbonyl (C=O) groups excluding carboxylic acids is 1. The third-order valence-corrected chi connectivity index (χ3v) is 4.32. The fourth-order valence-corrected chi connectivity index (χ4v) is 2.73. The van der Waals surface area contributed by atoms with E-state index >= 15 is 0 Å². The van der Waals surface area contributed by atoms with Crippen molar-refractivity contribution in [2.75, 3.05) is 19.0 Å². The van der Waals surface area contributed by atoms with Crippen LogP contribution in [0, 0.1) is 19.8 Å². The van der Waals surface area contributed by atoms with Crippen LogP contribution in [-0.4, -0.2) is 19.6 Å². The zero-order chi connectivity index (χ0) is 16.4. The highest BCUT2D eigenvalue weighted by Gasteiger charge is 2.26. The molecule has 0 saturated heterocycles. The van der Waals surface area contributed by atoms with Gasteiger partial charge < -0.3 is 14.8 Å². The number of methoxy groups -OCH3 is 1. The Hall–Kier alpha value is -2.49. The van der Waals surface area contributed by atoms with Crippen LogP contribution in [0.1, 0.15) is 16.7 Å². The third-order valence-electron chi connectivity index (χ3n) is 4.32. The minimum Gasteiger partial charge on any atom is -0.497 e. The van der Waals surface area contributed by atoms with Crippen LogP contribution in [-0.2, 0) is 11.2 Å². The van der Waals surface area contributed by atoms with Crippen LogP contribution in [0.15, 0.2) is 36.4 Å². The minimum absolute atomic E-state index is 0.0123. The predicted octanol–water partition coefficient (Wildman–Crippen LogP) is 3.50. The van der Waals surface area contributed by atoms with Crippen molar-refractivity contribution in [1.82, 2.24) is 0 Å². The van der Waals surface area contributed by atoms with E-state index in [1.807, 2.05) is 43.3 Å². The SMILES string of the molecule is COc1ccc2c(c1)CC(C(=O)Nc1ccc(C)c(C)c1)CO2. The Morgan fingerprint density at radius 3 is 2.74 bits per heavy atom. The number of hydrogen-bond acceptors (Lipinski definition) is 3. The maximum absolute atomic E-state index is 12.5. The lowest BCUT2D eigenvalue weighted by Gasteiger charge is -2.25. The number of aryl methyl sites for hydroxylation is 2. The zero-order valence-electron chi connectivity index (χ0n) is 13.7. The minimum atomic E-state index is -0.198. The van der Waals surface area contributed by atoms with Crippen LogP contribution < -0.4 is 14.8 Å². The summed E-state index contributed by atoms with van der Waals surface area (Å²) < 4.78 is 11.0. The average molecular weight is 311 g/mol. The summed E-state index contributed by atoms with van der Waals surface area (Å²) in [5.41, 5.74) is 4.22. The molecule has 0 bridgehead atoms. The van der Waals surface area contributed by atoms with E-state index < -0.39 is 0 Å². The van der Waals surface area contributed by atoms with Gasteiger partial charge in [-0.15, -0.1) is 0 Å². The first-order valence-electron chi connectivity index (χ1n) is 7.74. The molecule has 3 rings (SSSR count). The summed E-state index contributed by atoms with van der Waals surface area (Å²) in [5, 5.41) is 2.99.